The zero-order valence-corrected chi connectivity index (χ0v) is 7.53. The minimum absolute atomic E-state index is 0.0391. The normalized spacial score (nSPS) is 12.5. The van der Waals surface area contributed by atoms with Crippen molar-refractivity contribution < 1.29 is 9.13 Å². The number of halogens is 1. The van der Waals surface area contributed by atoms with Crippen LogP contribution in [-0.2, 0) is 0 Å². The average Bonchev–Trinajstić information content (AvgIpc) is 2.15. The van der Waals surface area contributed by atoms with Gasteiger partial charge in [0.05, 0.1) is 0 Å². The smallest absolute Gasteiger partial charge is 0.213 e. The Balaban J connectivity index is 2.59. The van der Waals surface area contributed by atoms with Crippen LogP contribution in [0.1, 0.15) is 18.5 Å². The molecule has 1 aromatic rings. The van der Waals surface area contributed by atoms with Crippen LogP contribution < -0.4 is 10.5 Å². The van der Waals surface area contributed by atoms with Gasteiger partial charge in [0, 0.05) is 18.3 Å². The molecule has 4 heteroatoms. The van der Waals surface area contributed by atoms with Gasteiger partial charge in [-0.05, 0) is 12.5 Å². The summed E-state index contributed by atoms with van der Waals surface area (Å²) in [4.78, 5) is 3.97. The number of alkyl halides is 1. The number of nitrogens with two attached hydrogens (primary N) is 1. The number of rotatable bonds is 4. The summed E-state index contributed by atoms with van der Waals surface area (Å²) < 4.78 is 16.7. The summed E-state index contributed by atoms with van der Waals surface area (Å²) in [5.41, 5.74) is 6.56. The van der Waals surface area contributed by atoms with Crippen molar-refractivity contribution in [3.8, 4) is 5.88 Å². The van der Waals surface area contributed by atoms with E-state index in [4.69, 9.17) is 10.5 Å². The molecule has 72 valence electrons. The molecule has 0 aliphatic heterocycles. The van der Waals surface area contributed by atoms with Gasteiger partial charge in [0.2, 0.25) is 5.88 Å². The van der Waals surface area contributed by atoms with Crippen LogP contribution >= 0.6 is 0 Å². The first-order valence-electron chi connectivity index (χ1n) is 4.14. The monoisotopic (exact) mass is 184 g/mol. The van der Waals surface area contributed by atoms with Gasteiger partial charge in [-0.2, -0.15) is 0 Å². The van der Waals surface area contributed by atoms with Crippen molar-refractivity contribution in [3.63, 3.8) is 0 Å². The molecular weight excluding hydrogens is 171 g/mol. The van der Waals surface area contributed by atoms with E-state index in [0.717, 1.165) is 5.56 Å². The molecule has 1 heterocycles. The van der Waals surface area contributed by atoms with Crippen molar-refractivity contribution in [2.75, 3.05) is 13.3 Å². The standard InChI is InChI=1S/C9H13FN2O/c1-7(11)8-2-3-9(12-6-8)13-5-4-10/h2-3,6-7H,4-5,11H2,1H3. The van der Waals surface area contributed by atoms with Crippen molar-refractivity contribution in [1.82, 2.24) is 4.98 Å². The Bertz CT molecular complexity index is 248. The van der Waals surface area contributed by atoms with Gasteiger partial charge in [0.1, 0.15) is 13.3 Å². The van der Waals surface area contributed by atoms with Gasteiger partial charge in [-0.1, -0.05) is 6.07 Å². The van der Waals surface area contributed by atoms with Crippen molar-refractivity contribution in [2.45, 2.75) is 13.0 Å². The van der Waals surface area contributed by atoms with Crippen molar-refractivity contribution in [3.05, 3.63) is 23.9 Å². The maximum atomic E-state index is 11.7. The first-order chi connectivity index (χ1) is 6.24. The second-order valence-corrected chi connectivity index (χ2v) is 2.76. The van der Waals surface area contributed by atoms with Crippen LogP contribution in [0.3, 0.4) is 0 Å². The predicted molar refractivity (Wildman–Crippen MR) is 48.3 cm³/mol. The highest BCUT2D eigenvalue weighted by Gasteiger charge is 2.00. The first kappa shape index (κ1) is 9.92. The number of hydrogen-bond acceptors (Lipinski definition) is 3. The fourth-order valence-corrected chi connectivity index (χ4v) is 0.890. The van der Waals surface area contributed by atoms with Gasteiger partial charge < -0.3 is 10.5 Å². The molecule has 0 aromatic carbocycles. The van der Waals surface area contributed by atoms with Crippen LogP contribution in [0.15, 0.2) is 18.3 Å². The molecule has 0 aliphatic carbocycles. The lowest BCUT2D eigenvalue weighted by molar-refractivity contribution is 0.264. The summed E-state index contributed by atoms with van der Waals surface area (Å²) in [5.74, 6) is 0.432. The van der Waals surface area contributed by atoms with E-state index in [1.807, 2.05) is 13.0 Å². The third-order valence-electron chi connectivity index (χ3n) is 1.61. The van der Waals surface area contributed by atoms with E-state index >= 15 is 0 Å². The molecule has 3 nitrogen and oxygen atoms in total. The third-order valence-corrected chi connectivity index (χ3v) is 1.61. The second kappa shape index (κ2) is 4.77. The molecule has 0 bridgehead atoms. The van der Waals surface area contributed by atoms with Gasteiger partial charge in [-0.15, -0.1) is 0 Å². The Morgan fingerprint density at radius 2 is 2.38 bits per heavy atom. The molecule has 13 heavy (non-hydrogen) atoms. The van der Waals surface area contributed by atoms with E-state index in [1.54, 1.807) is 12.3 Å². The number of ether oxygens (including phenoxy) is 1. The quantitative estimate of drug-likeness (QED) is 0.770. The summed E-state index contributed by atoms with van der Waals surface area (Å²) in [7, 11) is 0. The Hall–Kier alpha value is -1.16. The minimum Gasteiger partial charge on any atom is -0.475 e. The molecule has 1 unspecified atom stereocenters. The number of nitrogens with zero attached hydrogens (tertiary/aromatic N) is 1. The van der Waals surface area contributed by atoms with E-state index in [0.29, 0.717) is 5.88 Å². The molecule has 1 aromatic heterocycles. The number of pyridine rings is 1. The number of hydrogen-bond donors (Lipinski definition) is 1. The average molecular weight is 184 g/mol. The summed E-state index contributed by atoms with van der Waals surface area (Å²) in [5, 5.41) is 0. The maximum Gasteiger partial charge on any atom is 0.213 e. The largest absolute Gasteiger partial charge is 0.475 e. The SMILES string of the molecule is CC(N)c1ccc(OCCF)nc1. The molecule has 1 rings (SSSR count). The minimum atomic E-state index is -0.503. The molecule has 0 saturated carbocycles. The van der Waals surface area contributed by atoms with Crippen LogP contribution in [0.2, 0.25) is 0 Å². The molecule has 0 aliphatic rings. The highest BCUT2D eigenvalue weighted by atomic mass is 19.1. The van der Waals surface area contributed by atoms with Gasteiger partial charge in [-0.25, -0.2) is 9.37 Å². The molecule has 1 atom stereocenters. The predicted octanol–water partition coefficient (Wildman–Crippen LogP) is 1.45. The topological polar surface area (TPSA) is 48.1 Å². The highest BCUT2D eigenvalue weighted by molar-refractivity contribution is 5.19. The molecule has 2 N–H and O–H groups in total. The lowest BCUT2D eigenvalue weighted by Crippen LogP contribution is -2.06. The van der Waals surface area contributed by atoms with Crippen molar-refractivity contribution >= 4 is 0 Å². The Morgan fingerprint density at radius 1 is 1.62 bits per heavy atom. The van der Waals surface area contributed by atoms with E-state index in [1.165, 1.54) is 0 Å². The van der Waals surface area contributed by atoms with Gasteiger partial charge >= 0.3 is 0 Å². The lowest BCUT2D eigenvalue weighted by atomic mass is 10.2. The van der Waals surface area contributed by atoms with E-state index < -0.39 is 6.67 Å². The van der Waals surface area contributed by atoms with Crippen LogP contribution in [0.25, 0.3) is 0 Å². The van der Waals surface area contributed by atoms with Gasteiger partial charge in [0.15, 0.2) is 0 Å². The fraction of sp³-hybridized carbons (Fsp3) is 0.444. The third kappa shape index (κ3) is 2.99. The van der Waals surface area contributed by atoms with Gasteiger partial charge in [0.25, 0.3) is 0 Å². The Labute approximate surface area is 76.7 Å². The first-order valence-corrected chi connectivity index (χ1v) is 4.14. The van der Waals surface area contributed by atoms with Crippen molar-refractivity contribution in [2.24, 2.45) is 5.73 Å². The molecule has 0 radical (unpaired) electrons. The van der Waals surface area contributed by atoms with E-state index in [-0.39, 0.29) is 12.6 Å². The summed E-state index contributed by atoms with van der Waals surface area (Å²) in [6.07, 6.45) is 1.64. The molecule has 0 fully saturated rings. The molecule has 0 saturated heterocycles. The summed E-state index contributed by atoms with van der Waals surface area (Å²) in [6.45, 7) is 1.42. The molecule has 0 spiro atoms. The Kier molecular flexibility index (Phi) is 3.64. The van der Waals surface area contributed by atoms with Gasteiger partial charge in [-0.3, -0.25) is 0 Å². The zero-order valence-electron chi connectivity index (χ0n) is 7.53. The molecular formula is C9H13FN2O. The van der Waals surface area contributed by atoms with Crippen LogP contribution in [0.4, 0.5) is 4.39 Å². The van der Waals surface area contributed by atoms with Crippen LogP contribution in [0, 0.1) is 0 Å². The van der Waals surface area contributed by atoms with E-state index in [2.05, 4.69) is 4.98 Å². The second-order valence-electron chi connectivity index (χ2n) is 2.76. The van der Waals surface area contributed by atoms with Crippen molar-refractivity contribution in [1.29, 1.82) is 0 Å². The zero-order chi connectivity index (χ0) is 9.68. The fourth-order valence-electron chi connectivity index (χ4n) is 0.890. The summed E-state index contributed by atoms with van der Waals surface area (Å²) in [6, 6.07) is 3.47. The maximum absolute atomic E-state index is 11.7. The van der Waals surface area contributed by atoms with Crippen LogP contribution in [0.5, 0.6) is 5.88 Å². The molecule has 0 amide bonds. The van der Waals surface area contributed by atoms with Crippen LogP contribution in [-0.4, -0.2) is 18.3 Å². The van der Waals surface area contributed by atoms with E-state index in [9.17, 15) is 4.39 Å². The highest BCUT2D eigenvalue weighted by Crippen LogP contribution is 2.12. The number of aromatic nitrogens is 1. The lowest BCUT2D eigenvalue weighted by Gasteiger charge is -2.06. The summed E-state index contributed by atoms with van der Waals surface area (Å²) >= 11 is 0. The Morgan fingerprint density at radius 3 is 2.85 bits per heavy atom.